The smallest absolute Gasteiger partial charge is 0.267 e. The van der Waals surface area contributed by atoms with E-state index in [4.69, 9.17) is 4.98 Å². The fraction of sp³-hybridized carbons (Fsp3) is 0.409. The molecule has 0 N–H and O–H groups in total. The molecule has 1 aliphatic carbocycles. The van der Waals surface area contributed by atoms with Gasteiger partial charge >= 0.3 is 0 Å². The monoisotopic (exact) mass is 412 g/mol. The van der Waals surface area contributed by atoms with Crippen molar-refractivity contribution in [3.8, 4) is 5.69 Å². The Morgan fingerprint density at radius 2 is 1.89 bits per heavy atom. The Labute approximate surface area is 173 Å². The molecule has 0 bridgehead atoms. The fourth-order valence-electron chi connectivity index (χ4n) is 3.75. The topological polar surface area (TPSA) is 52.0 Å². The maximum Gasteiger partial charge on any atom is 0.267 e. The van der Waals surface area contributed by atoms with Gasteiger partial charge in [-0.3, -0.25) is 14.2 Å². The molecule has 1 unspecified atom stereocenters. The first-order chi connectivity index (χ1) is 13.4. The summed E-state index contributed by atoms with van der Waals surface area (Å²) < 4.78 is 1.73. The summed E-state index contributed by atoms with van der Waals surface area (Å²) in [5, 5.41) is 1.21. The molecule has 1 aromatic carbocycles. The number of hydrogen-bond donors (Lipinski definition) is 0. The van der Waals surface area contributed by atoms with Crippen molar-refractivity contribution in [2.24, 2.45) is 0 Å². The van der Waals surface area contributed by atoms with Crippen LogP contribution in [0.1, 0.15) is 47.3 Å². The third kappa shape index (κ3) is 3.22. The van der Waals surface area contributed by atoms with Gasteiger partial charge in [-0.2, -0.15) is 0 Å². The molecule has 146 valence electrons. The molecule has 1 fully saturated rings. The lowest BCUT2D eigenvalue weighted by Crippen LogP contribution is -2.26. The molecule has 2 heterocycles. The van der Waals surface area contributed by atoms with Crippen molar-refractivity contribution in [1.82, 2.24) is 9.55 Å². The van der Waals surface area contributed by atoms with Gasteiger partial charge in [-0.05, 0) is 63.3 Å². The van der Waals surface area contributed by atoms with Crippen molar-refractivity contribution >= 4 is 39.1 Å². The molecule has 1 atom stereocenters. The SMILES string of the molecule is Cc1cccc(-n2c(SC3CCCCC3=O)nc3sc(C)c(C)c3c2=O)c1C. The van der Waals surface area contributed by atoms with Gasteiger partial charge in [0, 0.05) is 11.3 Å². The van der Waals surface area contributed by atoms with Crippen molar-refractivity contribution in [1.29, 1.82) is 0 Å². The first-order valence-corrected chi connectivity index (χ1v) is 11.4. The van der Waals surface area contributed by atoms with Gasteiger partial charge in [0.1, 0.15) is 10.6 Å². The molecular formula is C22H24N2O2S2. The van der Waals surface area contributed by atoms with Crippen LogP contribution in [0.4, 0.5) is 0 Å². The number of fused-ring (bicyclic) bond motifs is 1. The van der Waals surface area contributed by atoms with E-state index in [9.17, 15) is 9.59 Å². The summed E-state index contributed by atoms with van der Waals surface area (Å²) in [6.07, 6.45) is 3.50. The molecule has 0 aliphatic heterocycles. The second kappa shape index (κ2) is 7.48. The molecule has 1 aliphatic rings. The van der Waals surface area contributed by atoms with Crippen LogP contribution in [0.15, 0.2) is 28.2 Å². The van der Waals surface area contributed by atoms with Crippen molar-refractivity contribution in [3.63, 3.8) is 0 Å². The number of rotatable bonds is 3. The van der Waals surface area contributed by atoms with E-state index < -0.39 is 0 Å². The van der Waals surface area contributed by atoms with Gasteiger partial charge in [0.25, 0.3) is 5.56 Å². The van der Waals surface area contributed by atoms with Gasteiger partial charge in [-0.1, -0.05) is 30.3 Å². The second-order valence-corrected chi connectivity index (χ2v) is 9.91. The zero-order valence-corrected chi connectivity index (χ0v) is 18.3. The number of nitrogens with zero attached hydrogens (tertiary/aromatic N) is 2. The van der Waals surface area contributed by atoms with Gasteiger partial charge < -0.3 is 0 Å². The molecule has 0 amide bonds. The lowest BCUT2D eigenvalue weighted by atomic mass is 9.99. The van der Waals surface area contributed by atoms with Crippen molar-refractivity contribution in [2.45, 2.75) is 63.8 Å². The number of hydrogen-bond acceptors (Lipinski definition) is 5. The maximum absolute atomic E-state index is 13.6. The number of Topliss-reactive ketones (excluding diaryl/α,β-unsaturated/α-hetero) is 1. The first-order valence-electron chi connectivity index (χ1n) is 9.67. The van der Waals surface area contributed by atoms with E-state index in [0.29, 0.717) is 17.0 Å². The van der Waals surface area contributed by atoms with Gasteiger partial charge in [0.15, 0.2) is 5.16 Å². The number of thioether (sulfide) groups is 1. The largest absolute Gasteiger partial charge is 0.298 e. The molecular weight excluding hydrogens is 388 g/mol. The minimum Gasteiger partial charge on any atom is -0.298 e. The Kier molecular flexibility index (Phi) is 5.19. The quantitative estimate of drug-likeness (QED) is 0.549. The van der Waals surface area contributed by atoms with E-state index in [2.05, 4.69) is 0 Å². The minimum absolute atomic E-state index is 0.0358. The summed E-state index contributed by atoms with van der Waals surface area (Å²) in [5.41, 5.74) is 4.01. The first kappa shape index (κ1) is 19.4. The van der Waals surface area contributed by atoms with Gasteiger partial charge in [-0.15, -0.1) is 11.3 Å². The van der Waals surface area contributed by atoms with Crippen molar-refractivity contribution in [3.05, 3.63) is 50.1 Å². The van der Waals surface area contributed by atoms with Crippen LogP contribution < -0.4 is 5.56 Å². The van der Waals surface area contributed by atoms with Crippen LogP contribution in [0, 0.1) is 27.7 Å². The predicted octanol–water partition coefficient (Wildman–Crippen LogP) is 5.28. The van der Waals surface area contributed by atoms with E-state index in [0.717, 1.165) is 51.3 Å². The minimum atomic E-state index is -0.114. The molecule has 28 heavy (non-hydrogen) atoms. The predicted molar refractivity (Wildman–Crippen MR) is 117 cm³/mol. The van der Waals surface area contributed by atoms with E-state index in [-0.39, 0.29) is 16.6 Å². The van der Waals surface area contributed by atoms with Crippen LogP contribution in [0.5, 0.6) is 0 Å². The van der Waals surface area contributed by atoms with Gasteiger partial charge in [-0.25, -0.2) is 4.98 Å². The third-order valence-corrected chi connectivity index (χ3v) is 8.10. The lowest BCUT2D eigenvalue weighted by Gasteiger charge is -2.22. The number of ketones is 1. The van der Waals surface area contributed by atoms with E-state index in [1.807, 2.05) is 45.9 Å². The molecule has 0 spiro atoms. The number of carbonyl (C=O) groups excluding carboxylic acids is 1. The Balaban J connectivity index is 1.98. The van der Waals surface area contributed by atoms with Crippen LogP contribution >= 0.6 is 23.1 Å². The Morgan fingerprint density at radius 1 is 1.11 bits per heavy atom. The molecule has 6 heteroatoms. The summed E-state index contributed by atoms with van der Waals surface area (Å²) >= 11 is 3.02. The maximum atomic E-state index is 13.6. The van der Waals surface area contributed by atoms with Crippen LogP contribution in [-0.4, -0.2) is 20.6 Å². The van der Waals surface area contributed by atoms with Crippen LogP contribution in [-0.2, 0) is 4.79 Å². The summed E-state index contributed by atoms with van der Waals surface area (Å²) in [5.74, 6) is 0.275. The highest BCUT2D eigenvalue weighted by Gasteiger charge is 2.27. The molecule has 2 aromatic heterocycles. The third-order valence-electron chi connectivity index (χ3n) is 5.74. The fourth-order valence-corrected chi connectivity index (χ4v) is 6.04. The van der Waals surface area contributed by atoms with Crippen molar-refractivity contribution < 1.29 is 4.79 Å². The second-order valence-electron chi connectivity index (χ2n) is 7.54. The average Bonchev–Trinajstić information content (AvgIpc) is 2.94. The van der Waals surface area contributed by atoms with E-state index in [1.54, 1.807) is 15.9 Å². The normalized spacial score (nSPS) is 17.4. The number of thiophene rings is 1. The highest BCUT2D eigenvalue weighted by atomic mass is 32.2. The highest BCUT2D eigenvalue weighted by molar-refractivity contribution is 8.00. The molecule has 3 aromatic rings. The summed E-state index contributed by atoms with van der Waals surface area (Å²) in [7, 11) is 0. The number of benzene rings is 1. The zero-order chi connectivity index (χ0) is 20.0. The zero-order valence-electron chi connectivity index (χ0n) is 16.7. The van der Waals surface area contributed by atoms with Gasteiger partial charge in [0.2, 0.25) is 0 Å². The summed E-state index contributed by atoms with van der Waals surface area (Å²) in [4.78, 5) is 32.8. The summed E-state index contributed by atoms with van der Waals surface area (Å²) in [6.45, 7) is 8.10. The molecule has 1 saturated carbocycles. The number of aryl methyl sites for hydroxylation is 3. The highest BCUT2D eigenvalue weighted by Crippen LogP contribution is 2.35. The van der Waals surface area contributed by atoms with Crippen LogP contribution in [0.25, 0.3) is 15.9 Å². The number of carbonyl (C=O) groups is 1. The van der Waals surface area contributed by atoms with Crippen molar-refractivity contribution in [2.75, 3.05) is 0 Å². The Hall–Kier alpha value is -1.92. The Morgan fingerprint density at radius 3 is 2.64 bits per heavy atom. The van der Waals surface area contributed by atoms with Crippen LogP contribution in [0.3, 0.4) is 0 Å². The average molecular weight is 413 g/mol. The Bertz CT molecular complexity index is 1140. The standard InChI is InChI=1S/C22H24N2O2S2/c1-12-8-7-9-16(13(12)2)24-21(26)19-14(3)15(4)27-20(19)23-22(24)28-18-11-6-5-10-17(18)25/h7-9,18H,5-6,10-11H2,1-4H3. The molecule has 0 radical (unpaired) electrons. The van der Waals surface area contributed by atoms with E-state index in [1.165, 1.54) is 11.8 Å². The molecule has 4 rings (SSSR count). The lowest BCUT2D eigenvalue weighted by molar-refractivity contribution is -0.119. The van der Waals surface area contributed by atoms with Gasteiger partial charge in [0.05, 0.1) is 16.3 Å². The van der Waals surface area contributed by atoms with Crippen LogP contribution in [0.2, 0.25) is 0 Å². The number of aromatic nitrogens is 2. The summed E-state index contributed by atoms with van der Waals surface area (Å²) in [6, 6.07) is 5.99. The molecule has 0 saturated heterocycles. The molecule has 4 nitrogen and oxygen atoms in total. The van der Waals surface area contributed by atoms with E-state index >= 15 is 0 Å².